The Morgan fingerprint density at radius 1 is 0.840 bits per heavy atom. The standard InChI is InChI=1S/C12H8Cl2FN.C7H6N2/c13-10-2-1-3-11(14)12(10)16-9-6-4-8(15)5-7-9;1-2-4-7-6(3-1)8-5-9-7/h1-7,16H;1-5H,(H,8,9). The Labute approximate surface area is 154 Å². The second kappa shape index (κ2) is 8.01. The molecule has 0 aliphatic heterocycles. The van der Waals surface area contributed by atoms with Gasteiger partial charge in [-0.3, -0.25) is 0 Å². The fourth-order valence-electron chi connectivity index (χ4n) is 2.17. The van der Waals surface area contributed by atoms with Crippen molar-refractivity contribution in [1.82, 2.24) is 9.97 Å². The molecule has 0 saturated carbocycles. The smallest absolute Gasteiger partial charge is 0.123 e. The van der Waals surface area contributed by atoms with Crippen LogP contribution in [0.25, 0.3) is 11.0 Å². The summed E-state index contributed by atoms with van der Waals surface area (Å²) in [6.07, 6.45) is 1.70. The van der Waals surface area contributed by atoms with Gasteiger partial charge in [0.25, 0.3) is 0 Å². The number of fused-ring (bicyclic) bond motifs is 1. The van der Waals surface area contributed by atoms with Gasteiger partial charge in [0.05, 0.1) is 33.1 Å². The van der Waals surface area contributed by atoms with Gasteiger partial charge in [-0.25, -0.2) is 9.37 Å². The van der Waals surface area contributed by atoms with E-state index >= 15 is 0 Å². The topological polar surface area (TPSA) is 40.7 Å². The number of para-hydroxylation sites is 3. The molecule has 2 N–H and O–H groups in total. The Hall–Kier alpha value is -2.56. The lowest BCUT2D eigenvalue weighted by Crippen LogP contribution is -1.92. The number of imidazole rings is 1. The Balaban J connectivity index is 0.000000170. The molecule has 25 heavy (non-hydrogen) atoms. The number of anilines is 2. The van der Waals surface area contributed by atoms with Crippen molar-refractivity contribution >= 4 is 45.6 Å². The molecule has 0 fully saturated rings. The quantitative estimate of drug-likeness (QED) is 0.424. The first-order valence-corrected chi connectivity index (χ1v) is 8.24. The molecule has 4 aromatic rings. The maximum atomic E-state index is 12.7. The average Bonchev–Trinajstić information content (AvgIpc) is 3.09. The monoisotopic (exact) mass is 373 g/mol. The van der Waals surface area contributed by atoms with E-state index in [1.165, 1.54) is 12.1 Å². The zero-order valence-electron chi connectivity index (χ0n) is 13.0. The number of aromatic nitrogens is 2. The molecule has 1 heterocycles. The Morgan fingerprint density at radius 2 is 1.52 bits per heavy atom. The first-order valence-electron chi connectivity index (χ1n) is 7.48. The molecule has 126 valence electrons. The van der Waals surface area contributed by atoms with Crippen molar-refractivity contribution in [3.05, 3.63) is 88.9 Å². The zero-order chi connectivity index (χ0) is 17.6. The van der Waals surface area contributed by atoms with Crippen LogP contribution < -0.4 is 5.32 Å². The van der Waals surface area contributed by atoms with E-state index in [1.54, 1.807) is 36.7 Å². The molecule has 0 saturated heterocycles. The van der Waals surface area contributed by atoms with Crippen LogP contribution in [0, 0.1) is 5.82 Å². The predicted octanol–water partition coefficient (Wildman–Crippen LogP) is 6.44. The second-order valence-corrected chi connectivity index (χ2v) is 5.96. The van der Waals surface area contributed by atoms with Gasteiger partial charge in [-0.1, -0.05) is 41.4 Å². The number of hydrogen-bond donors (Lipinski definition) is 2. The third-order valence-corrected chi connectivity index (χ3v) is 4.03. The van der Waals surface area contributed by atoms with Crippen LogP contribution in [-0.2, 0) is 0 Å². The van der Waals surface area contributed by atoms with Gasteiger partial charge in [0.2, 0.25) is 0 Å². The molecule has 3 aromatic carbocycles. The average molecular weight is 374 g/mol. The van der Waals surface area contributed by atoms with Crippen LogP contribution in [-0.4, -0.2) is 9.97 Å². The molecule has 0 aliphatic carbocycles. The second-order valence-electron chi connectivity index (χ2n) is 5.15. The van der Waals surface area contributed by atoms with Crippen LogP contribution in [0.3, 0.4) is 0 Å². The Kier molecular flexibility index (Phi) is 5.53. The molecule has 0 bridgehead atoms. The van der Waals surface area contributed by atoms with Crippen molar-refractivity contribution in [1.29, 1.82) is 0 Å². The summed E-state index contributed by atoms with van der Waals surface area (Å²) < 4.78 is 12.7. The van der Waals surface area contributed by atoms with Crippen LogP contribution in [0.2, 0.25) is 10.0 Å². The summed E-state index contributed by atoms with van der Waals surface area (Å²) in [5.41, 5.74) is 3.48. The molecular weight excluding hydrogens is 360 g/mol. The van der Waals surface area contributed by atoms with Crippen molar-refractivity contribution in [3.8, 4) is 0 Å². The highest BCUT2D eigenvalue weighted by Crippen LogP contribution is 2.32. The summed E-state index contributed by atoms with van der Waals surface area (Å²) in [4.78, 5) is 7.07. The fourth-order valence-corrected chi connectivity index (χ4v) is 2.67. The van der Waals surface area contributed by atoms with Gasteiger partial charge in [0.1, 0.15) is 5.82 Å². The predicted molar refractivity (Wildman–Crippen MR) is 102 cm³/mol. The van der Waals surface area contributed by atoms with Crippen LogP contribution >= 0.6 is 23.2 Å². The lowest BCUT2D eigenvalue weighted by atomic mass is 10.2. The minimum Gasteiger partial charge on any atom is -0.353 e. The normalized spacial score (nSPS) is 10.2. The van der Waals surface area contributed by atoms with E-state index in [0.717, 1.165) is 16.7 Å². The molecule has 0 atom stereocenters. The number of H-pyrrole nitrogens is 1. The van der Waals surface area contributed by atoms with E-state index in [2.05, 4.69) is 15.3 Å². The van der Waals surface area contributed by atoms with Crippen LogP contribution in [0.15, 0.2) is 73.1 Å². The van der Waals surface area contributed by atoms with Crippen molar-refractivity contribution in [2.45, 2.75) is 0 Å². The lowest BCUT2D eigenvalue weighted by Gasteiger charge is -2.09. The maximum Gasteiger partial charge on any atom is 0.123 e. The lowest BCUT2D eigenvalue weighted by molar-refractivity contribution is 0.628. The van der Waals surface area contributed by atoms with Crippen molar-refractivity contribution in [2.24, 2.45) is 0 Å². The third kappa shape index (κ3) is 4.50. The number of hydrogen-bond acceptors (Lipinski definition) is 2. The number of halogens is 3. The molecule has 0 unspecified atom stereocenters. The van der Waals surface area contributed by atoms with Gasteiger partial charge < -0.3 is 10.3 Å². The van der Waals surface area contributed by atoms with Crippen LogP contribution in [0.1, 0.15) is 0 Å². The van der Waals surface area contributed by atoms with Gasteiger partial charge in [-0.15, -0.1) is 0 Å². The number of nitrogens with zero attached hydrogens (tertiary/aromatic N) is 1. The molecule has 4 rings (SSSR count). The van der Waals surface area contributed by atoms with Crippen molar-refractivity contribution in [2.75, 3.05) is 5.32 Å². The highest BCUT2D eigenvalue weighted by molar-refractivity contribution is 6.39. The van der Waals surface area contributed by atoms with Crippen LogP contribution in [0.5, 0.6) is 0 Å². The largest absolute Gasteiger partial charge is 0.353 e. The van der Waals surface area contributed by atoms with Crippen molar-refractivity contribution in [3.63, 3.8) is 0 Å². The van der Waals surface area contributed by atoms with Gasteiger partial charge in [0, 0.05) is 5.69 Å². The first-order chi connectivity index (χ1) is 12.1. The molecule has 0 aliphatic rings. The summed E-state index contributed by atoms with van der Waals surface area (Å²) in [7, 11) is 0. The SMILES string of the molecule is Fc1ccc(Nc2c(Cl)cccc2Cl)cc1.c1ccc2[nH]cnc2c1. The Bertz CT molecular complexity index is 917. The first kappa shape index (κ1) is 17.3. The van der Waals surface area contributed by atoms with Gasteiger partial charge in [0.15, 0.2) is 0 Å². The van der Waals surface area contributed by atoms with E-state index in [1.807, 2.05) is 24.3 Å². The van der Waals surface area contributed by atoms with Crippen LogP contribution in [0.4, 0.5) is 15.8 Å². The minimum absolute atomic E-state index is 0.282. The summed E-state index contributed by atoms with van der Waals surface area (Å²) in [6, 6.07) is 19.2. The number of benzene rings is 3. The molecule has 1 aromatic heterocycles. The van der Waals surface area contributed by atoms with E-state index in [4.69, 9.17) is 23.2 Å². The highest BCUT2D eigenvalue weighted by Gasteiger charge is 2.05. The van der Waals surface area contributed by atoms with E-state index < -0.39 is 0 Å². The fraction of sp³-hybridized carbons (Fsp3) is 0. The van der Waals surface area contributed by atoms with E-state index in [-0.39, 0.29) is 5.82 Å². The third-order valence-electron chi connectivity index (χ3n) is 3.40. The number of rotatable bonds is 2. The van der Waals surface area contributed by atoms with Gasteiger partial charge >= 0.3 is 0 Å². The Morgan fingerprint density at radius 3 is 2.20 bits per heavy atom. The van der Waals surface area contributed by atoms with Gasteiger partial charge in [-0.2, -0.15) is 0 Å². The zero-order valence-corrected chi connectivity index (χ0v) is 14.5. The highest BCUT2D eigenvalue weighted by atomic mass is 35.5. The summed E-state index contributed by atoms with van der Waals surface area (Å²) >= 11 is 12.0. The molecule has 3 nitrogen and oxygen atoms in total. The minimum atomic E-state index is -0.282. The van der Waals surface area contributed by atoms with Gasteiger partial charge in [-0.05, 0) is 48.5 Å². The summed E-state index contributed by atoms with van der Waals surface area (Å²) in [6.45, 7) is 0. The number of aromatic amines is 1. The molecule has 0 spiro atoms. The number of nitrogens with one attached hydrogen (secondary N) is 2. The maximum absolute atomic E-state index is 12.7. The summed E-state index contributed by atoms with van der Waals surface area (Å²) in [5, 5.41) is 4.09. The molecule has 0 amide bonds. The molecule has 0 radical (unpaired) electrons. The van der Waals surface area contributed by atoms with E-state index in [0.29, 0.717) is 15.7 Å². The van der Waals surface area contributed by atoms with Crippen molar-refractivity contribution < 1.29 is 4.39 Å². The summed E-state index contributed by atoms with van der Waals surface area (Å²) in [5.74, 6) is -0.282. The molecule has 6 heteroatoms. The molecular formula is C19H14Cl2FN3. The van der Waals surface area contributed by atoms with E-state index in [9.17, 15) is 4.39 Å².